The Hall–Kier alpha value is -1.34. The van der Waals surface area contributed by atoms with Gasteiger partial charge in [-0.1, -0.05) is 54.6 Å². The quantitative estimate of drug-likeness (QED) is 0.708. The zero-order valence-electron chi connectivity index (χ0n) is 9.54. The summed E-state index contributed by atoms with van der Waals surface area (Å²) in [4.78, 5) is 0. The molecular formula is C16H14O. The molecule has 0 bridgehead atoms. The lowest BCUT2D eigenvalue weighted by Crippen LogP contribution is -2.28. The van der Waals surface area contributed by atoms with E-state index in [0.29, 0.717) is 11.8 Å². The average Bonchev–Trinajstić information content (AvgIpc) is 3.14. The van der Waals surface area contributed by atoms with Crippen LogP contribution >= 0.6 is 0 Å². The van der Waals surface area contributed by atoms with Gasteiger partial charge in [0.1, 0.15) is 11.7 Å². The molecule has 1 spiro atoms. The van der Waals surface area contributed by atoms with Crippen molar-refractivity contribution in [3.63, 3.8) is 0 Å². The van der Waals surface area contributed by atoms with Gasteiger partial charge in [-0.3, -0.25) is 0 Å². The monoisotopic (exact) mass is 222 g/mol. The second-order valence-corrected chi connectivity index (χ2v) is 5.05. The van der Waals surface area contributed by atoms with Gasteiger partial charge in [-0.25, -0.2) is 0 Å². The number of ether oxygens (including phenoxy) is 1. The summed E-state index contributed by atoms with van der Waals surface area (Å²) in [6.45, 7) is 0. The number of hydrogen-bond donors (Lipinski definition) is 0. The predicted molar refractivity (Wildman–Crippen MR) is 66.8 cm³/mol. The van der Waals surface area contributed by atoms with Crippen LogP contribution in [0.3, 0.4) is 0 Å². The summed E-state index contributed by atoms with van der Waals surface area (Å²) >= 11 is 0. The fraction of sp³-hybridized carbons (Fsp3) is 0.250. The first-order valence-electron chi connectivity index (χ1n) is 6.21. The van der Waals surface area contributed by atoms with Crippen LogP contribution in [0.5, 0.6) is 0 Å². The van der Waals surface area contributed by atoms with Crippen molar-refractivity contribution in [3.05, 3.63) is 72.7 Å². The fourth-order valence-electron chi connectivity index (χ4n) is 3.05. The van der Waals surface area contributed by atoms with Crippen LogP contribution in [-0.2, 0) is 4.74 Å². The van der Waals surface area contributed by atoms with Gasteiger partial charge in [-0.15, -0.1) is 0 Å². The molecule has 2 fully saturated rings. The van der Waals surface area contributed by atoms with E-state index < -0.39 is 0 Å². The largest absolute Gasteiger partial charge is 0.352 e. The Kier molecular flexibility index (Phi) is 1.89. The van der Waals surface area contributed by atoms with E-state index >= 15 is 0 Å². The van der Waals surface area contributed by atoms with Gasteiger partial charge in [-0.05, 0) is 12.0 Å². The molecule has 1 saturated carbocycles. The third kappa shape index (κ3) is 1.35. The number of allylic oxidation sites excluding steroid dienone is 2. The molecule has 1 aliphatic heterocycles. The van der Waals surface area contributed by atoms with E-state index in [2.05, 4.69) is 61.1 Å². The van der Waals surface area contributed by atoms with E-state index in [0.717, 1.165) is 0 Å². The maximum atomic E-state index is 6.26. The predicted octanol–water partition coefficient (Wildman–Crippen LogP) is 3.30. The molecule has 0 amide bonds. The van der Waals surface area contributed by atoms with Crippen molar-refractivity contribution in [3.8, 4) is 0 Å². The summed E-state index contributed by atoms with van der Waals surface area (Å²) in [6.07, 6.45) is 13.1. The minimum atomic E-state index is -0.148. The van der Waals surface area contributed by atoms with E-state index in [4.69, 9.17) is 4.74 Å². The second-order valence-electron chi connectivity index (χ2n) is 5.05. The van der Waals surface area contributed by atoms with Gasteiger partial charge in [-0.2, -0.15) is 0 Å². The van der Waals surface area contributed by atoms with Crippen molar-refractivity contribution >= 4 is 0 Å². The fourth-order valence-corrected chi connectivity index (χ4v) is 3.05. The molecule has 1 heterocycles. The Balaban J connectivity index is 1.68. The van der Waals surface area contributed by atoms with Crippen LogP contribution < -0.4 is 0 Å². The molecule has 0 N–H and O–H groups in total. The van der Waals surface area contributed by atoms with Crippen LogP contribution in [-0.4, -0.2) is 5.60 Å². The van der Waals surface area contributed by atoms with E-state index in [-0.39, 0.29) is 5.60 Å². The molecule has 2 aliphatic carbocycles. The van der Waals surface area contributed by atoms with Gasteiger partial charge in [0.25, 0.3) is 0 Å². The van der Waals surface area contributed by atoms with Gasteiger partial charge >= 0.3 is 0 Å². The first-order valence-corrected chi connectivity index (χ1v) is 6.21. The van der Waals surface area contributed by atoms with Crippen molar-refractivity contribution in [2.45, 2.75) is 12.0 Å². The molecule has 2 unspecified atom stereocenters. The Morgan fingerprint density at radius 3 is 2.59 bits per heavy atom. The maximum absolute atomic E-state index is 6.26. The normalized spacial score (nSPS) is 32.9. The van der Waals surface area contributed by atoms with Crippen molar-refractivity contribution < 1.29 is 4.74 Å². The summed E-state index contributed by atoms with van der Waals surface area (Å²) in [5.74, 6) is 1.28. The molecule has 2 radical (unpaired) electrons. The molecule has 1 heteroatoms. The highest BCUT2D eigenvalue weighted by atomic mass is 16.5. The smallest absolute Gasteiger partial charge is 0.131 e. The summed E-state index contributed by atoms with van der Waals surface area (Å²) in [6, 6.07) is 10.5. The Morgan fingerprint density at radius 1 is 1.06 bits per heavy atom. The van der Waals surface area contributed by atoms with Gasteiger partial charge in [0.2, 0.25) is 0 Å². The maximum Gasteiger partial charge on any atom is 0.131 e. The Labute approximate surface area is 102 Å². The molecule has 1 saturated heterocycles. The highest BCUT2D eigenvalue weighted by molar-refractivity contribution is 5.42. The molecule has 3 aliphatic rings. The lowest BCUT2D eigenvalue weighted by molar-refractivity contribution is 0.0677. The summed E-state index contributed by atoms with van der Waals surface area (Å²) in [5.41, 5.74) is 1.10. The third-order valence-corrected chi connectivity index (χ3v) is 3.99. The summed E-state index contributed by atoms with van der Waals surface area (Å²) in [5, 5.41) is 0. The molecule has 4 rings (SSSR count). The van der Waals surface area contributed by atoms with Crippen LogP contribution in [0.4, 0.5) is 0 Å². The zero-order chi connectivity index (χ0) is 11.3. The van der Waals surface area contributed by atoms with Gasteiger partial charge < -0.3 is 4.74 Å². The molecule has 1 nitrogen and oxygen atoms in total. The molecule has 1 aromatic carbocycles. The number of rotatable bonds is 1. The van der Waals surface area contributed by atoms with Crippen LogP contribution in [0.1, 0.15) is 12.0 Å². The van der Waals surface area contributed by atoms with Crippen LogP contribution in [0.2, 0.25) is 0 Å². The summed E-state index contributed by atoms with van der Waals surface area (Å²) in [7, 11) is 0. The minimum absolute atomic E-state index is 0.148. The third-order valence-electron chi connectivity index (χ3n) is 3.99. The first-order chi connectivity index (χ1) is 8.39. The molecule has 2 atom stereocenters. The van der Waals surface area contributed by atoms with E-state index in [9.17, 15) is 0 Å². The average molecular weight is 222 g/mol. The number of fused-ring (bicyclic) bond motifs is 2. The number of benzene rings is 1. The minimum Gasteiger partial charge on any atom is -0.352 e. The SMILES string of the molecule is [CH]1C=CC2(C=C1)O[C](c1ccccc1)C1CC12. The standard InChI is InChI=1S/C16H14O/c1-3-7-12(8-4-1)15-13-11-14(13)16(17-15)9-5-2-6-10-16/h1-10,13-14H,11H2. The van der Waals surface area contributed by atoms with Gasteiger partial charge in [0, 0.05) is 18.3 Å². The van der Waals surface area contributed by atoms with Crippen molar-refractivity contribution in [2.75, 3.05) is 0 Å². The van der Waals surface area contributed by atoms with Crippen LogP contribution in [0.25, 0.3) is 0 Å². The Bertz CT molecular complexity index is 474. The van der Waals surface area contributed by atoms with Crippen molar-refractivity contribution in [2.24, 2.45) is 11.8 Å². The second kappa shape index (κ2) is 3.33. The van der Waals surface area contributed by atoms with E-state index in [1.165, 1.54) is 18.1 Å². The Morgan fingerprint density at radius 2 is 1.82 bits per heavy atom. The highest BCUT2D eigenvalue weighted by Gasteiger charge is 2.63. The van der Waals surface area contributed by atoms with Crippen LogP contribution in [0, 0.1) is 24.4 Å². The highest BCUT2D eigenvalue weighted by Crippen LogP contribution is 2.63. The molecule has 17 heavy (non-hydrogen) atoms. The van der Waals surface area contributed by atoms with E-state index in [1.807, 2.05) is 0 Å². The number of hydrogen-bond acceptors (Lipinski definition) is 1. The van der Waals surface area contributed by atoms with Gasteiger partial charge in [0.05, 0.1) is 0 Å². The molecule has 1 aromatic rings. The topological polar surface area (TPSA) is 9.23 Å². The first kappa shape index (κ1) is 9.67. The van der Waals surface area contributed by atoms with Crippen LogP contribution in [0.15, 0.2) is 54.6 Å². The lowest BCUT2D eigenvalue weighted by atomic mass is 9.93. The zero-order valence-corrected chi connectivity index (χ0v) is 9.54. The summed E-state index contributed by atoms with van der Waals surface area (Å²) < 4.78 is 6.26. The molecular weight excluding hydrogens is 208 g/mol. The van der Waals surface area contributed by atoms with Crippen molar-refractivity contribution in [1.82, 2.24) is 0 Å². The molecule has 84 valence electrons. The lowest BCUT2D eigenvalue weighted by Gasteiger charge is -2.27. The van der Waals surface area contributed by atoms with Gasteiger partial charge in [0.15, 0.2) is 0 Å². The van der Waals surface area contributed by atoms with Crippen molar-refractivity contribution in [1.29, 1.82) is 0 Å². The molecule has 0 aromatic heterocycles. The van der Waals surface area contributed by atoms with E-state index in [1.54, 1.807) is 0 Å².